The van der Waals surface area contributed by atoms with Crippen molar-refractivity contribution < 1.29 is 4.92 Å². The van der Waals surface area contributed by atoms with Crippen molar-refractivity contribution in [1.82, 2.24) is 15.0 Å². The monoisotopic (exact) mass is 378 g/mol. The summed E-state index contributed by atoms with van der Waals surface area (Å²) in [6, 6.07) is 22.8. The second kappa shape index (κ2) is 5.65. The first-order valence-corrected chi connectivity index (χ1v) is 9.26. The van der Waals surface area contributed by atoms with Crippen molar-refractivity contribution in [2.45, 2.75) is 0 Å². The number of nitro groups is 1. The third-order valence-electron chi connectivity index (χ3n) is 5.45. The topological polar surface area (TPSA) is 87.6 Å². The van der Waals surface area contributed by atoms with Crippen molar-refractivity contribution in [3.05, 3.63) is 82.9 Å². The fourth-order valence-corrected chi connectivity index (χ4v) is 4.12. The van der Waals surface area contributed by atoms with Crippen LogP contribution in [0.25, 0.3) is 55.0 Å². The molecule has 0 amide bonds. The summed E-state index contributed by atoms with van der Waals surface area (Å²) in [5.41, 5.74) is 6.54. The predicted octanol–water partition coefficient (Wildman–Crippen LogP) is 5.93. The Morgan fingerprint density at radius 3 is 2.10 bits per heavy atom. The van der Waals surface area contributed by atoms with Crippen molar-refractivity contribution >= 4 is 49.4 Å². The van der Waals surface area contributed by atoms with Gasteiger partial charge in [-0.05, 0) is 24.3 Å². The molecule has 0 aliphatic rings. The van der Waals surface area contributed by atoms with Crippen molar-refractivity contribution in [2.75, 3.05) is 0 Å². The third-order valence-corrected chi connectivity index (χ3v) is 5.45. The maximum Gasteiger partial charge on any atom is 0.269 e. The van der Waals surface area contributed by atoms with Gasteiger partial charge in [0, 0.05) is 44.9 Å². The van der Waals surface area contributed by atoms with E-state index < -0.39 is 4.92 Å². The first-order chi connectivity index (χ1) is 14.2. The molecule has 0 spiro atoms. The number of nitrogens with zero attached hydrogens (tertiary/aromatic N) is 2. The number of nitro benzene ring substituents is 1. The highest BCUT2D eigenvalue weighted by atomic mass is 16.6. The Bertz CT molecular complexity index is 1580. The van der Waals surface area contributed by atoms with Crippen LogP contribution in [0, 0.1) is 10.1 Å². The van der Waals surface area contributed by atoms with Gasteiger partial charge in [0.25, 0.3) is 5.69 Å². The second-order valence-electron chi connectivity index (χ2n) is 7.08. The van der Waals surface area contributed by atoms with Crippen LogP contribution in [0.5, 0.6) is 0 Å². The summed E-state index contributed by atoms with van der Waals surface area (Å²) in [6.07, 6.45) is 0. The molecule has 3 aromatic carbocycles. The first kappa shape index (κ1) is 15.8. The largest absolute Gasteiger partial charge is 0.353 e. The van der Waals surface area contributed by atoms with Crippen molar-refractivity contribution in [3.8, 4) is 11.3 Å². The molecule has 0 saturated carbocycles. The molecule has 6 rings (SSSR count). The quantitative estimate of drug-likeness (QED) is 0.289. The van der Waals surface area contributed by atoms with Gasteiger partial charge < -0.3 is 9.97 Å². The molecule has 0 saturated heterocycles. The van der Waals surface area contributed by atoms with Gasteiger partial charge >= 0.3 is 0 Å². The average molecular weight is 378 g/mol. The van der Waals surface area contributed by atoms with E-state index in [9.17, 15) is 10.1 Å². The molecule has 6 heteroatoms. The Balaban J connectivity index is 1.79. The zero-order valence-electron chi connectivity index (χ0n) is 15.1. The molecule has 29 heavy (non-hydrogen) atoms. The summed E-state index contributed by atoms with van der Waals surface area (Å²) < 4.78 is 0. The van der Waals surface area contributed by atoms with Gasteiger partial charge in [-0.25, -0.2) is 4.98 Å². The summed E-state index contributed by atoms with van der Waals surface area (Å²) in [4.78, 5) is 22.7. The lowest BCUT2D eigenvalue weighted by Gasteiger charge is -2.05. The van der Waals surface area contributed by atoms with Crippen LogP contribution in [-0.4, -0.2) is 19.9 Å². The normalized spacial score (nSPS) is 11.7. The van der Waals surface area contributed by atoms with Gasteiger partial charge in [-0.1, -0.05) is 36.4 Å². The maximum absolute atomic E-state index is 11.0. The van der Waals surface area contributed by atoms with Crippen LogP contribution in [0.2, 0.25) is 0 Å². The number of hydrogen-bond donors (Lipinski definition) is 2. The number of nitrogens with one attached hydrogen (secondary N) is 2. The molecule has 0 aliphatic heterocycles. The molecule has 0 unspecified atom stereocenters. The van der Waals surface area contributed by atoms with Gasteiger partial charge in [0.15, 0.2) is 0 Å². The molecule has 0 aliphatic carbocycles. The molecule has 0 fully saturated rings. The Morgan fingerprint density at radius 2 is 1.38 bits per heavy atom. The average Bonchev–Trinajstić information content (AvgIpc) is 3.31. The Kier molecular flexibility index (Phi) is 3.09. The lowest BCUT2D eigenvalue weighted by molar-refractivity contribution is -0.384. The standard InChI is InChI=1S/C23H14N4O2/c28-27(29)14-11-9-13(10-12-14)20-22-19(15-5-1-3-7-17(15)24-22)23-21(26-20)16-6-2-4-8-18(16)25-23/h1-12,24-25H. The fraction of sp³-hybridized carbons (Fsp3) is 0. The Labute approximate surface area is 164 Å². The maximum atomic E-state index is 11.0. The van der Waals surface area contributed by atoms with Crippen LogP contribution in [0.1, 0.15) is 0 Å². The highest BCUT2D eigenvalue weighted by Crippen LogP contribution is 2.39. The van der Waals surface area contributed by atoms with E-state index in [-0.39, 0.29) is 5.69 Å². The van der Waals surface area contributed by atoms with Crippen LogP contribution < -0.4 is 0 Å². The van der Waals surface area contributed by atoms with E-state index in [0.717, 1.165) is 55.0 Å². The van der Waals surface area contributed by atoms with Crippen LogP contribution in [-0.2, 0) is 0 Å². The minimum absolute atomic E-state index is 0.0646. The molecular weight excluding hydrogens is 364 g/mol. The number of aromatic nitrogens is 3. The fourth-order valence-electron chi connectivity index (χ4n) is 4.12. The van der Waals surface area contributed by atoms with Crippen LogP contribution >= 0.6 is 0 Å². The molecule has 3 aromatic heterocycles. The predicted molar refractivity (Wildman–Crippen MR) is 115 cm³/mol. The lowest BCUT2D eigenvalue weighted by Crippen LogP contribution is -1.90. The molecule has 6 nitrogen and oxygen atoms in total. The molecule has 138 valence electrons. The second-order valence-corrected chi connectivity index (χ2v) is 7.08. The number of hydrogen-bond acceptors (Lipinski definition) is 3. The van der Waals surface area contributed by atoms with E-state index >= 15 is 0 Å². The van der Waals surface area contributed by atoms with E-state index in [4.69, 9.17) is 4.98 Å². The van der Waals surface area contributed by atoms with Gasteiger partial charge in [0.1, 0.15) is 0 Å². The van der Waals surface area contributed by atoms with E-state index in [2.05, 4.69) is 22.1 Å². The minimum Gasteiger partial charge on any atom is -0.353 e. The van der Waals surface area contributed by atoms with Crippen molar-refractivity contribution in [3.63, 3.8) is 0 Å². The first-order valence-electron chi connectivity index (χ1n) is 9.26. The Hall–Kier alpha value is -4.19. The summed E-state index contributed by atoms with van der Waals surface area (Å²) >= 11 is 0. The van der Waals surface area contributed by atoms with Gasteiger partial charge in [0.05, 0.1) is 27.2 Å². The SMILES string of the molecule is O=[N+]([O-])c1ccc(-c2nc3c4ccccc4[nH]c3c3c2[nH]c2ccccc23)cc1. The highest BCUT2D eigenvalue weighted by molar-refractivity contribution is 6.25. The number of fused-ring (bicyclic) bond motifs is 7. The smallest absolute Gasteiger partial charge is 0.269 e. The van der Waals surface area contributed by atoms with Crippen LogP contribution in [0.15, 0.2) is 72.8 Å². The number of benzene rings is 3. The highest BCUT2D eigenvalue weighted by Gasteiger charge is 2.18. The van der Waals surface area contributed by atoms with Crippen LogP contribution in [0.4, 0.5) is 5.69 Å². The number of pyridine rings is 1. The molecule has 3 heterocycles. The van der Waals surface area contributed by atoms with Crippen LogP contribution in [0.3, 0.4) is 0 Å². The number of H-pyrrole nitrogens is 2. The van der Waals surface area contributed by atoms with E-state index in [1.165, 1.54) is 12.1 Å². The summed E-state index contributed by atoms with van der Waals surface area (Å²) in [7, 11) is 0. The van der Waals surface area contributed by atoms with E-state index in [1.54, 1.807) is 12.1 Å². The third kappa shape index (κ3) is 2.20. The van der Waals surface area contributed by atoms with Gasteiger partial charge in [0.2, 0.25) is 0 Å². The molecule has 0 radical (unpaired) electrons. The molecule has 2 N–H and O–H groups in total. The van der Waals surface area contributed by atoms with Gasteiger partial charge in [-0.2, -0.15) is 0 Å². The molecular formula is C23H14N4O2. The molecule has 0 atom stereocenters. The summed E-state index contributed by atoms with van der Waals surface area (Å²) in [5, 5.41) is 14.3. The van der Waals surface area contributed by atoms with Crippen molar-refractivity contribution in [2.24, 2.45) is 0 Å². The van der Waals surface area contributed by atoms with E-state index in [0.29, 0.717) is 0 Å². The molecule has 6 aromatic rings. The van der Waals surface area contributed by atoms with Crippen molar-refractivity contribution in [1.29, 1.82) is 0 Å². The zero-order chi connectivity index (χ0) is 19.5. The minimum atomic E-state index is -0.390. The van der Waals surface area contributed by atoms with E-state index in [1.807, 2.05) is 36.4 Å². The lowest BCUT2D eigenvalue weighted by atomic mass is 10.1. The molecule has 0 bridgehead atoms. The Morgan fingerprint density at radius 1 is 0.759 bits per heavy atom. The zero-order valence-corrected chi connectivity index (χ0v) is 15.1. The number of para-hydroxylation sites is 2. The van der Waals surface area contributed by atoms with Gasteiger partial charge in [-0.3, -0.25) is 10.1 Å². The summed E-state index contributed by atoms with van der Waals surface area (Å²) in [5.74, 6) is 0. The number of rotatable bonds is 2. The number of aromatic amines is 2. The van der Waals surface area contributed by atoms with Gasteiger partial charge in [-0.15, -0.1) is 0 Å². The number of non-ortho nitro benzene ring substituents is 1. The summed E-state index contributed by atoms with van der Waals surface area (Å²) in [6.45, 7) is 0.